The minimum Gasteiger partial charge on any atom is -0.480 e. The molecular weight excluding hydrogens is 476 g/mol. The molecule has 0 aromatic rings. The summed E-state index contributed by atoms with van der Waals surface area (Å²) in [5.41, 5.74) is 16.5. The smallest absolute Gasteiger partial charge is 0.326 e. The van der Waals surface area contributed by atoms with Crippen molar-refractivity contribution in [3.8, 4) is 0 Å². The Bertz CT molecular complexity index is 708. The molecule has 0 aromatic heterocycles. The van der Waals surface area contributed by atoms with Gasteiger partial charge in [0.1, 0.15) is 18.1 Å². The molecule has 0 spiro atoms. The van der Waals surface area contributed by atoms with Gasteiger partial charge < -0.3 is 38.3 Å². The van der Waals surface area contributed by atoms with Gasteiger partial charge in [0.25, 0.3) is 0 Å². The first kappa shape index (κ1) is 32.6. The first-order valence-corrected chi connectivity index (χ1v) is 13.2. The fourth-order valence-corrected chi connectivity index (χ4v) is 3.70. The molecular formula is C22H42N6O6S. The van der Waals surface area contributed by atoms with E-state index in [0.29, 0.717) is 38.0 Å². The predicted molar refractivity (Wildman–Crippen MR) is 135 cm³/mol. The number of carboxylic acids is 1. The lowest BCUT2D eigenvalue weighted by Crippen LogP contribution is -2.57. The molecule has 0 aliphatic carbocycles. The molecule has 0 aliphatic rings. The monoisotopic (exact) mass is 518 g/mol. The van der Waals surface area contributed by atoms with Gasteiger partial charge in [-0.15, -0.1) is 0 Å². The molecule has 202 valence electrons. The van der Waals surface area contributed by atoms with E-state index in [1.165, 1.54) is 0 Å². The number of unbranched alkanes of at least 4 members (excludes halogenated alkanes) is 1. The number of carbonyl (C=O) groups excluding carboxylic acids is 4. The summed E-state index contributed by atoms with van der Waals surface area (Å²) in [6.07, 6.45) is 3.71. The second-order valence-electron chi connectivity index (χ2n) is 8.83. The van der Waals surface area contributed by atoms with Gasteiger partial charge in [0.2, 0.25) is 23.6 Å². The number of aliphatic carboxylic acids is 1. The van der Waals surface area contributed by atoms with Crippen molar-refractivity contribution in [2.45, 2.75) is 83.0 Å². The van der Waals surface area contributed by atoms with E-state index >= 15 is 0 Å². The second kappa shape index (κ2) is 18.0. The highest BCUT2D eigenvalue weighted by atomic mass is 32.2. The molecule has 12 nitrogen and oxygen atoms in total. The van der Waals surface area contributed by atoms with Crippen LogP contribution in [0.3, 0.4) is 0 Å². The molecule has 0 aliphatic heterocycles. The molecule has 4 atom stereocenters. The number of thioether (sulfide) groups is 1. The number of carboxylic acid groups (broad SMARTS) is 1. The quantitative estimate of drug-likeness (QED) is 0.105. The van der Waals surface area contributed by atoms with Crippen molar-refractivity contribution in [3.05, 3.63) is 0 Å². The predicted octanol–water partition coefficient (Wildman–Crippen LogP) is -0.954. The Morgan fingerprint density at radius 3 is 1.94 bits per heavy atom. The number of hydrogen-bond donors (Lipinski definition) is 7. The highest BCUT2D eigenvalue weighted by Crippen LogP contribution is 2.09. The summed E-state index contributed by atoms with van der Waals surface area (Å²) in [4.78, 5) is 61.0. The molecule has 10 N–H and O–H groups in total. The van der Waals surface area contributed by atoms with E-state index in [9.17, 15) is 29.1 Å². The molecule has 0 saturated carbocycles. The third-order valence-corrected chi connectivity index (χ3v) is 5.83. The molecule has 4 amide bonds. The third-order valence-electron chi connectivity index (χ3n) is 5.18. The Balaban J connectivity index is 5.47. The first-order chi connectivity index (χ1) is 16.4. The minimum absolute atomic E-state index is 0.00908. The average Bonchev–Trinajstić information content (AvgIpc) is 2.77. The number of nitrogens with two attached hydrogens (primary N) is 3. The van der Waals surface area contributed by atoms with Gasteiger partial charge in [0, 0.05) is 6.42 Å². The zero-order valence-electron chi connectivity index (χ0n) is 20.9. The van der Waals surface area contributed by atoms with Crippen molar-refractivity contribution in [1.82, 2.24) is 16.0 Å². The maximum atomic E-state index is 13.1. The summed E-state index contributed by atoms with van der Waals surface area (Å²) in [6.45, 7) is 4.12. The van der Waals surface area contributed by atoms with Crippen molar-refractivity contribution in [2.75, 3.05) is 18.6 Å². The van der Waals surface area contributed by atoms with E-state index in [-0.39, 0.29) is 25.2 Å². The van der Waals surface area contributed by atoms with Crippen LogP contribution in [0.15, 0.2) is 0 Å². The van der Waals surface area contributed by atoms with Gasteiger partial charge in [-0.3, -0.25) is 19.2 Å². The zero-order chi connectivity index (χ0) is 27.0. The Hall–Kier alpha value is -2.38. The molecule has 0 rings (SSSR count). The summed E-state index contributed by atoms with van der Waals surface area (Å²) < 4.78 is 0. The van der Waals surface area contributed by atoms with Gasteiger partial charge in [0.05, 0.1) is 6.04 Å². The number of carbonyl (C=O) groups is 5. The standard InChI is InChI=1S/C22H42N6O6S/c1-13(2)12-17(21(32)27-16(22(33)34)7-8-18(25)29)28-20(31)15(6-4-5-10-23)26-19(30)14(24)9-11-35-3/h13-17H,4-12,23-24H2,1-3H3,(H2,25,29)(H,26,30)(H,27,32)(H,28,31)(H,33,34). The number of primary amides is 1. The molecule has 4 unspecified atom stereocenters. The molecule has 0 aromatic carbocycles. The summed E-state index contributed by atoms with van der Waals surface area (Å²) in [5.74, 6) is -3.07. The number of hydrogen-bond acceptors (Lipinski definition) is 8. The van der Waals surface area contributed by atoms with Crippen LogP contribution >= 0.6 is 11.8 Å². The minimum atomic E-state index is -1.34. The van der Waals surface area contributed by atoms with Crippen LogP contribution in [0.2, 0.25) is 0 Å². The van der Waals surface area contributed by atoms with Gasteiger partial charge in [-0.2, -0.15) is 11.8 Å². The lowest BCUT2D eigenvalue weighted by Gasteiger charge is -2.26. The maximum Gasteiger partial charge on any atom is 0.326 e. The van der Waals surface area contributed by atoms with E-state index < -0.39 is 53.8 Å². The fraction of sp³-hybridized carbons (Fsp3) is 0.773. The molecule has 0 heterocycles. The van der Waals surface area contributed by atoms with E-state index in [1.807, 2.05) is 20.1 Å². The lowest BCUT2D eigenvalue weighted by atomic mass is 10.0. The average molecular weight is 519 g/mol. The van der Waals surface area contributed by atoms with Crippen LogP contribution in [0.1, 0.15) is 58.8 Å². The normalized spacial score (nSPS) is 14.5. The van der Waals surface area contributed by atoms with Crippen LogP contribution in [0.4, 0.5) is 0 Å². The van der Waals surface area contributed by atoms with Crippen LogP contribution in [0.25, 0.3) is 0 Å². The fourth-order valence-electron chi connectivity index (χ4n) is 3.21. The van der Waals surface area contributed by atoms with Gasteiger partial charge >= 0.3 is 5.97 Å². The van der Waals surface area contributed by atoms with Gasteiger partial charge in [-0.25, -0.2) is 4.79 Å². The highest BCUT2D eigenvalue weighted by molar-refractivity contribution is 7.98. The summed E-state index contributed by atoms with van der Waals surface area (Å²) in [5, 5.41) is 17.1. The molecule has 0 bridgehead atoms. The molecule has 0 radical (unpaired) electrons. The summed E-state index contributed by atoms with van der Waals surface area (Å²) in [7, 11) is 0. The van der Waals surface area contributed by atoms with E-state index in [2.05, 4.69) is 16.0 Å². The highest BCUT2D eigenvalue weighted by Gasteiger charge is 2.30. The zero-order valence-corrected chi connectivity index (χ0v) is 21.7. The van der Waals surface area contributed by atoms with Crippen molar-refractivity contribution < 1.29 is 29.1 Å². The third kappa shape index (κ3) is 14.6. The van der Waals surface area contributed by atoms with E-state index in [0.717, 1.165) is 0 Å². The van der Waals surface area contributed by atoms with Gasteiger partial charge in [0.15, 0.2) is 0 Å². The number of amides is 4. The van der Waals surface area contributed by atoms with Crippen LogP contribution in [-0.2, 0) is 24.0 Å². The van der Waals surface area contributed by atoms with Crippen molar-refractivity contribution in [2.24, 2.45) is 23.1 Å². The Labute approximate surface area is 211 Å². The van der Waals surface area contributed by atoms with Crippen LogP contribution < -0.4 is 33.2 Å². The Morgan fingerprint density at radius 1 is 0.857 bits per heavy atom. The largest absolute Gasteiger partial charge is 0.480 e. The Kier molecular flexibility index (Phi) is 16.7. The molecule has 0 fully saturated rings. The van der Waals surface area contributed by atoms with Crippen LogP contribution in [-0.4, -0.2) is 77.4 Å². The SMILES string of the molecule is CSCCC(N)C(=O)NC(CCCCN)C(=O)NC(CC(C)C)C(=O)NC(CCC(N)=O)C(=O)O. The van der Waals surface area contributed by atoms with Gasteiger partial charge in [-0.05, 0) is 63.0 Å². The molecule has 13 heteroatoms. The van der Waals surface area contributed by atoms with E-state index in [1.54, 1.807) is 11.8 Å². The number of rotatable bonds is 19. The molecule has 0 saturated heterocycles. The maximum absolute atomic E-state index is 13.1. The number of nitrogens with one attached hydrogen (secondary N) is 3. The van der Waals surface area contributed by atoms with Crippen molar-refractivity contribution >= 4 is 41.4 Å². The van der Waals surface area contributed by atoms with Crippen molar-refractivity contribution in [1.29, 1.82) is 0 Å². The summed E-state index contributed by atoms with van der Waals surface area (Å²) in [6, 6.07) is -4.08. The first-order valence-electron chi connectivity index (χ1n) is 11.8. The van der Waals surface area contributed by atoms with Gasteiger partial charge in [-0.1, -0.05) is 13.8 Å². The van der Waals surface area contributed by atoms with Crippen LogP contribution in [0.5, 0.6) is 0 Å². The molecule has 35 heavy (non-hydrogen) atoms. The van der Waals surface area contributed by atoms with Crippen LogP contribution in [0, 0.1) is 5.92 Å². The second-order valence-corrected chi connectivity index (χ2v) is 9.81. The van der Waals surface area contributed by atoms with Crippen molar-refractivity contribution in [3.63, 3.8) is 0 Å². The van der Waals surface area contributed by atoms with E-state index in [4.69, 9.17) is 17.2 Å². The topological polar surface area (TPSA) is 220 Å². The summed E-state index contributed by atoms with van der Waals surface area (Å²) >= 11 is 1.55. The lowest BCUT2D eigenvalue weighted by molar-refractivity contribution is -0.142. The Morgan fingerprint density at radius 2 is 1.43 bits per heavy atom.